The molecule has 0 aromatic heterocycles. The zero-order valence-electron chi connectivity index (χ0n) is 17.1. The molecule has 6 heteroatoms. The van der Waals surface area contributed by atoms with Gasteiger partial charge in [-0.2, -0.15) is 0 Å². The Morgan fingerprint density at radius 3 is 1.96 bits per heavy atom. The normalized spacial score (nSPS) is 15.9. The van der Waals surface area contributed by atoms with Gasteiger partial charge in [-0.3, -0.25) is 19.4 Å². The molecule has 2 rings (SSSR count). The van der Waals surface area contributed by atoms with Crippen molar-refractivity contribution in [3.8, 4) is 0 Å². The maximum absolute atomic E-state index is 12.6. The Labute approximate surface area is 163 Å². The van der Waals surface area contributed by atoms with Gasteiger partial charge in [-0.25, -0.2) is 0 Å². The molecule has 0 unspecified atom stereocenters. The summed E-state index contributed by atoms with van der Waals surface area (Å²) < 4.78 is 0. The maximum atomic E-state index is 12.6. The number of hydrogen-bond donors (Lipinski definition) is 1. The zero-order valence-corrected chi connectivity index (χ0v) is 17.1. The summed E-state index contributed by atoms with van der Waals surface area (Å²) in [5.74, 6) is 0.239. The van der Waals surface area contributed by atoms with Gasteiger partial charge in [-0.1, -0.05) is 30.3 Å². The van der Waals surface area contributed by atoms with Crippen LogP contribution in [0, 0.1) is 0 Å². The summed E-state index contributed by atoms with van der Waals surface area (Å²) in [5.41, 5.74) is 1.11. The van der Waals surface area contributed by atoms with Crippen molar-refractivity contribution in [2.75, 3.05) is 39.3 Å². The molecule has 1 aliphatic heterocycles. The van der Waals surface area contributed by atoms with E-state index in [0.717, 1.165) is 31.7 Å². The molecule has 2 amide bonds. The molecule has 1 fully saturated rings. The fourth-order valence-corrected chi connectivity index (χ4v) is 3.61. The second-order valence-electron chi connectivity index (χ2n) is 7.80. The number of carbonyl (C=O) groups is 2. The first-order valence-electron chi connectivity index (χ1n) is 9.93. The Morgan fingerprint density at radius 2 is 1.44 bits per heavy atom. The fourth-order valence-electron chi connectivity index (χ4n) is 3.61. The minimum atomic E-state index is 0.0502. The molecule has 150 valence electrons. The van der Waals surface area contributed by atoms with Crippen LogP contribution in [-0.2, 0) is 16.1 Å². The highest BCUT2D eigenvalue weighted by Gasteiger charge is 2.25. The fraction of sp³-hybridized carbons (Fsp3) is 0.619. The second-order valence-corrected chi connectivity index (χ2v) is 7.80. The average molecular weight is 375 g/mol. The Bertz CT molecular complexity index is 587. The van der Waals surface area contributed by atoms with Crippen molar-refractivity contribution in [2.24, 2.45) is 0 Å². The van der Waals surface area contributed by atoms with E-state index < -0.39 is 0 Å². The highest BCUT2D eigenvalue weighted by Crippen LogP contribution is 2.08. The standard InChI is InChI=1S/C21H34N4O2/c1-17(2)25(18(3)4)21(27)16-24-12-10-23(11-13-24)15-20(26)22-14-19-8-6-5-7-9-19/h5-9,17-18H,10-16H2,1-4H3,(H,22,26). The Hall–Kier alpha value is -1.92. The van der Waals surface area contributed by atoms with Gasteiger partial charge in [0.15, 0.2) is 0 Å². The van der Waals surface area contributed by atoms with E-state index in [1.807, 2.05) is 35.2 Å². The minimum Gasteiger partial charge on any atom is -0.351 e. The second kappa shape index (κ2) is 10.4. The highest BCUT2D eigenvalue weighted by molar-refractivity contribution is 5.79. The molecule has 1 saturated heterocycles. The van der Waals surface area contributed by atoms with Gasteiger partial charge in [0.05, 0.1) is 13.1 Å². The van der Waals surface area contributed by atoms with Crippen LogP contribution in [0.15, 0.2) is 30.3 Å². The first-order valence-corrected chi connectivity index (χ1v) is 9.93. The van der Waals surface area contributed by atoms with E-state index in [0.29, 0.717) is 19.6 Å². The number of piperazine rings is 1. The lowest BCUT2D eigenvalue weighted by molar-refractivity contribution is -0.136. The molecule has 0 saturated carbocycles. The molecule has 0 aliphatic carbocycles. The lowest BCUT2D eigenvalue weighted by Crippen LogP contribution is -2.53. The summed E-state index contributed by atoms with van der Waals surface area (Å²) in [7, 11) is 0. The third kappa shape index (κ3) is 6.96. The molecule has 6 nitrogen and oxygen atoms in total. The molecule has 1 N–H and O–H groups in total. The van der Waals surface area contributed by atoms with Gasteiger partial charge in [0, 0.05) is 44.8 Å². The monoisotopic (exact) mass is 374 g/mol. The first kappa shape index (κ1) is 21.4. The number of hydrogen-bond acceptors (Lipinski definition) is 4. The highest BCUT2D eigenvalue weighted by atomic mass is 16.2. The van der Waals surface area contributed by atoms with Crippen molar-refractivity contribution in [1.82, 2.24) is 20.0 Å². The van der Waals surface area contributed by atoms with E-state index in [1.54, 1.807) is 0 Å². The molecule has 0 spiro atoms. The van der Waals surface area contributed by atoms with Crippen LogP contribution in [0.3, 0.4) is 0 Å². The van der Waals surface area contributed by atoms with E-state index in [9.17, 15) is 9.59 Å². The molecular weight excluding hydrogens is 340 g/mol. The van der Waals surface area contributed by atoms with Gasteiger partial charge in [0.25, 0.3) is 0 Å². The number of amides is 2. The Balaban J connectivity index is 1.70. The summed E-state index contributed by atoms with van der Waals surface area (Å²) in [4.78, 5) is 31.0. The zero-order chi connectivity index (χ0) is 19.8. The van der Waals surface area contributed by atoms with E-state index in [4.69, 9.17) is 0 Å². The predicted molar refractivity (Wildman–Crippen MR) is 108 cm³/mol. The molecule has 0 bridgehead atoms. The van der Waals surface area contributed by atoms with Crippen LogP contribution in [0.4, 0.5) is 0 Å². The smallest absolute Gasteiger partial charge is 0.237 e. The number of benzene rings is 1. The lowest BCUT2D eigenvalue weighted by Gasteiger charge is -2.37. The Morgan fingerprint density at radius 1 is 0.926 bits per heavy atom. The summed E-state index contributed by atoms with van der Waals surface area (Å²) in [6, 6.07) is 10.4. The molecule has 1 aromatic carbocycles. The van der Waals surface area contributed by atoms with Crippen LogP contribution in [0.5, 0.6) is 0 Å². The first-order chi connectivity index (χ1) is 12.9. The van der Waals surface area contributed by atoms with Crippen LogP contribution < -0.4 is 5.32 Å². The molecular formula is C21H34N4O2. The number of nitrogens with one attached hydrogen (secondary N) is 1. The van der Waals surface area contributed by atoms with Gasteiger partial charge < -0.3 is 10.2 Å². The molecule has 27 heavy (non-hydrogen) atoms. The largest absolute Gasteiger partial charge is 0.351 e. The Kier molecular flexibility index (Phi) is 8.25. The summed E-state index contributed by atoms with van der Waals surface area (Å²) in [5, 5.41) is 2.97. The number of carbonyl (C=O) groups excluding carboxylic acids is 2. The van der Waals surface area contributed by atoms with Crippen molar-refractivity contribution in [2.45, 2.75) is 46.3 Å². The lowest BCUT2D eigenvalue weighted by atomic mass is 10.2. The minimum absolute atomic E-state index is 0.0502. The van der Waals surface area contributed by atoms with E-state index in [1.165, 1.54) is 0 Å². The molecule has 0 atom stereocenters. The van der Waals surface area contributed by atoms with E-state index in [-0.39, 0.29) is 23.9 Å². The summed E-state index contributed by atoms with van der Waals surface area (Å²) in [6.07, 6.45) is 0. The van der Waals surface area contributed by atoms with Gasteiger partial charge in [-0.15, -0.1) is 0 Å². The molecule has 1 aromatic rings. The van der Waals surface area contributed by atoms with Gasteiger partial charge in [-0.05, 0) is 33.3 Å². The predicted octanol–water partition coefficient (Wildman–Crippen LogP) is 1.57. The van der Waals surface area contributed by atoms with Crippen molar-refractivity contribution in [3.05, 3.63) is 35.9 Å². The van der Waals surface area contributed by atoms with E-state index in [2.05, 4.69) is 42.8 Å². The summed E-state index contributed by atoms with van der Waals surface area (Å²) in [6.45, 7) is 13.0. The van der Waals surface area contributed by atoms with Gasteiger partial charge in [0.1, 0.15) is 0 Å². The SMILES string of the molecule is CC(C)N(C(=O)CN1CCN(CC(=O)NCc2ccccc2)CC1)C(C)C. The van der Waals surface area contributed by atoms with Crippen LogP contribution in [0.1, 0.15) is 33.3 Å². The van der Waals surface area contributed by atoms with E-state index >= 15 is 0 Å². The van der Waals surface area contributed by atoms with Crippen LogP contribution in [-0.4, -0.2) is 77.9 Å². The van der Waals surface area contributed by atoms with Crippen LogP contribution in [0.25, 0.3) is 0 Å². The number of nitrogens with zero attached hydrogens (tertiary/aromatic N) is 3. The van der Waals surface area contributed by atoms with Crippen LogP contribution >= 0.6 is 0 Å². The van der Waals surface area contributed by atoms with Crippen molar-refractivity contribution >= 4 is 11.8 Å². The quantitative estimate of drug-likeness (QED) is 0.750. The summed E-state index contributed by atoms with van der Waals surface area (Å²) >= 11 is 0. The molecule has 1 aliphatic rings. The van der Waals surface area contributed by atoms with Crippen molar-refractivity contribution < 1.29 is 9.59 Å². The van der Waals surface area contributed by atoms with Crippen molar-refractivity contribution in [1.29, 1.82) is 0 Å². The average Bonchev–Trinajstić information content (AvgIpc) is 2.62. The third-order valence-electron chi connectivity index (χ3n) is 4.92. The molecule has 1 heterocycles. The number of rotatable bonds is 8. The van der Waals surface area contributed by atoms with Gasteiger partial charge >= 0.3 is 0 Å². The van der Waals surface area contributed by atoms with Crippen LogP contribution in [0.2, 0.25) is 0 Å². The maximum Gasteiger partial charge on any atom is 0.237 e. The topological polar surface area (TPSA) is 55.9 Å². The third-order valence-corrected chi connectivity index (χ3v) is 4.92. The van der Waals surface area contributed by atoms with Gasteiger partial charge in [0.2, 0.25) is 11.8 Å². The van der Waals surface area contributed by atoms with Crippen molar-refractivity contribution in [3.63, 3.8) is 0 Å². The molecule has 0 radical (unpaired) electrons.